The van der Waals surface area contributed by atoms with Gasteiger partial charge < -0.3 is 10.1 Å². The fraction of sp³-hybridized carbons (Fsp3) is 0.500. The summed E-state index contributed by atoms with van der Waals surface area (Å²) in [5, 5.41) is 3.40. The van der Waals surface area contributed by atoms with Crippen LogP contribution >= 0.6 is 34.9 Å². The van der Waals surface area contributed by atoms with Crippen LogP contribution in [-0.2, 0) is 9.53 Å². The van der Waals surface area contributed by atoms with E-state index in [0.717, 1.165) is 27.1 Å². The van der Waals surface area contributed by atoms with Crippen LogP contribution in [0.1, 0.15) is 27.7 Å². The molecule has 8 heteroatoms. The van der Waals surface area contributed by atoms with Crippen molar-refractivity contribution in [2.75, 3.05) is 30.0 Å². The van der Waals surface area contributed by atoms with Crippen molar-refractivity contribution in [3.05, 3.63) is 16.0 Å². The summed E-state index contributed by atoms with van der Waals surface area (Å²) in [6.07, 6.45) is 0. The average molecular weight is 359 g/mol. The Morgan fingerprint density at radius 1 is 1.41 bits per heavy atom. The normalized spacial score (nSPS) is 13.9. The number of carbonyl (C=O) groups excluding carboxylic acids is 2. The number of hydrogen-bond acceptors (Lipinski definition) is 7. The van der Waals surface area contributed by atoms with Crippen LogP contribution in [0, 0.1) is 13.8 Å². The molecule has 1 amide bonds. The Morgan fingerprint density at radius 2 is 2.18 bits per heavy atom. The number of rotatable bonds is 5. The van der Waals surface area contributed by atoms with Gasteiger partial charge in [-0.25, -0.2) is 4.79 Å². The molecule has 0 spiro atoms. The van der Waals surface area contributed by atoms with Gasteiger partial charge in [0, 0.05) is 10.6 Å². The highest BCUT2D eigenvalue weighted by Gasteiger charge is 2.22. The van der Waals surface area contributed by atoms with Gasteiger partial charge in [0.15, 0.2) is 0 Å². The standard InChI is InChI=1S/C14H18N2O3S3/c1-4-19-13(18)11-8(2)9(3)22-12(11)16-10(17)7-21-14-15-5-6-20-14/h4-7H2,1-3H3,(H,16,17). The average Bonchev–Trinajstić information content (AvgIpc) is 3.06. The summed E-state index contributed by atoms with van der Waals surface area (Å²) in [5.74, 6) is 0.764. The molecular weight excluding hydrogens is 340 g/mol. The number of carbonyl (C=O) groups is 2. The number of esters is 1. The largest absolute Gasteiger partial charge is 0.462 e. The van der Waals surface area contributed by atoms with Crippen LogP contribution in [0.25, 0.3) is 0 Å². The minimum Gasteiger partial charge on any atom is -0.462 e. The highest BCUT2D eigenvalue weighted by atomic mass is 32.2. The molecule has 0 fully saturated rings. The van der Waals surface area contributed by atoms with E-state index in [1.165, 1.54) is 23.1 Å². The van der Waals surface area contributed by atoms with E-state index in [1.807, 2.05) is 13.8 Å². The third-order valence-electron chi connectivity index (χ3n) is 3.00. The molecule has 2 rings (SSSR count). The molecule has 1 aromatic heterocycles. The maximum Gasteiger partial charge on any atom is 0.341 e. The van der Waals surface area contributed by atoms with Gasteiger partial charge in [-0.2, -0.15) is 0 Å². The minimum atomic E-state index is -0.386. The Labute approximate surface area is 142 Å². The van der Waals surface area contributed by atoms with Crippen LogP contribution in [0.2, 0.25) is 0 Å². The first-order valence-corrected chi connectivity index (χ1v) is 9.68. The second-order valence-electron chi connectivity index (χ2n) is 4.54. The number of thioether (sulfide) groups is 2. The van der Waals surface area contributed by atoms with Crippen molar-refractivity contribution in [2.24, 2.45) is 4.99 Å². The van der Waals surface area contributed by atoms with Gasteiger partial charge in [-0.15, -0.1) is 11.3 Å². The molecule has 0 aromatic carbocycles. The zero-order valence-corrected chi connectivity index (χ0v) is 15.2. The first kappa shape index (κ1) is 17.4. The Kier molecular flexibility index (Phi) is 6.34. The Morgan fingerprint density at radius 3 is 2.82 bits per heavy atom. The minimum absolute atomic E-state index is 0.132. The first-order valence-electron chi connectivity index (χ1n) is 6.90. The zero-order chi connectivity index (χ0) is 16.1. The molecule has 1 N–H and O–H groups in total. The molecule has 2 heterocycles. The van der Waals surface area contributed by atoms with E-state index in [9.17, 15) is 9.59 Å². The number of amides is 1. The van der Waals surface area contributed by atoms with Crippen molar-refractivity contribution in [1.82, 2.24) is 0 Å². The van der Waals surface area contributed by atoms with E-state index in [2.05, 4.69) is 10.3 Å². The molecule has 0 aliphatic carbocycles. The number of hydrogen-bond donors (Lipinski definition) is 1. The molecule has 0 atom stereocenters. The van der Waals surface area contributed by atoms with Crippen molar-refractivity contribution >= 4 is 56.1 Å². The Bertz CT molecular complexity index is 611. The van der Waals surface area contributed by atoms with Crippen LogP contribution in [-0.4, -0.2) is 40.9 Å². The van der Waals surface area contributed by atoms with Crippen LogP contribution < -0.4 is 5.32 Å². The van der Waals surface area contributed by atoms with Crippen LogP contribution in [0.3, 0.4) is 0 Å². The number of ether oxygens (including phenoxy) is 1. The third kappa shape index (κ3) is 4.27. The summed E-state index contributed by atoms with van der Waals surface area (Å²) in [6, 6.07) is 0. The van der Waals surface area contributed by atoms with Gasteiger partial charge in [0.2, 0.25) is 5.91 Å². The molecule has 1 aromatic rings. The number of nitrogens with one attached hydrogen (secondary N) is 1. The van der Waals surface area contributed by atoms with E-state index in [1.54, 1.807) is 18.7 Å². The van der Waals surface area contributed by atoms with Crippen LogP contribution in [0.4, 0.5) is 5.00 Å². The van der Waals surface area contributed by atoms with Gasteiger partial charge >= 0.3 is 5.97 Å². The summed E-state index contributed by atoms with van der Waals surface area (Å²) in [5.41, 5.74) is 1.33. The van der Waals surface area contributed by atoms with Crippen molar-refractivity contribution in [3.8, 4) is 0 Å². The molecule has 22 heavy (non-hydrogen) atoms. The predicted octanol–water partition coefficient (Wildman–Crippen LogP) is 3.32. The molecule has 5 nitrogen and oxygen atoms in total. The number of nitrogens with zero attached hydrogens (tertiary/aromatic N) is 1. The second kappa shape index (κ2) is 8.03. The fourth-order valence-corrected chi connectivity index (χ4v) is 4.73. The SMILES string of the molecule is CCOC(=O)c1c(NC(=O)CSC2=NCCS2)sc(C)c1C. The molecule has 0 saturated carbocycles. The van der Waals surface area contributed by atoms with E-state index in [-0.39, 0.29) is 11.9 Å². The lowest BCUT2D eigenvalue weighted by Gasteiger charge is -2.07. The fourth-order valence-electron chi connectivity index (χ4n) is 1.86. The number of anilines is 1. The van der Waals surface area contributed by atoms with Gasteiger partial charge in [0.25, 0.3) is 0 Å². The molecule has 1 aliphatic heterocycles. The zero-order valence-electron chi connectivity index (χ0n) is 12.7. The molecule has 0 unspecified atom stereocenters. The highest BCUT2D eigenvalue weighted by Crippen LogP contribution is 2.33. The summed E-state index contributed by atoms with van der Waals surface area (Å²) in [6.45, 7) is 6.70. The Hall–Kier alpha value is -0.990. The maximum atomic E-state index is 12.1. The van der Waals surface area contributed by atoms with Gasteiger partial charge in [-0.1, -0.05) is 23.5 Å². The molecule has 1 aliphatic rings. The lowest BCUT2D eigenvalue weighted by atomic mass is 10.1. The van der Waals surface area contributed by atoms with Gasteiger partial charge in [-0.05, 0) is 26.3 Å². The lowest BCUT2D eigenvalue weighted by Crippen LogP contribution is -2.17. The lowest BCUT2D eigenvalue weighted by molar-refractivity contribution is -0.113. The van der Waals surface area contributed by atoms with Crippen LogP contribution in [0.5, 0.6) is 0 Å². The monoisotopic (exact) mass is 358 g/mol. The molecule has 120 valence electrons. The number of thiophene rings is 1. The van der Waals surface area contributed by atoms with Crippen LogP contribution in [0.15, 0.2) is 4.99 Å². The third-order valence-corrected chi connectivity index (χ3v) is 6.38. The van der Waals surface area contributed by atoms with Gasteiger partial charge in [0.05, 0.1) is 24.5 Å². The van der Waals surface area contributed by atoms with E-state index < -0.39 is 0 Å². The van der Waals surface area contributed by atoms with Crippen molar-refractivity contribution < 1.29 is 14.3 Å². The first-order chi connectivity index (χ1) is 10.5. The topological polar surface area (TPSA) is 67.8 Å². The molecule has 0 radical (unpaired) electrons. The molecule has 0 bridgehead atoms. The van der Waals surface area contributed by atoms with E-state index in [0.29, 0.717) is 22.9 Å². The predicted molar refractivity (Wildman–Crippen MR) is 95.6 cm³/mol. The highest BCUT2D eigenvalue weighted by molar-refractivity contribution is 8.39. The van der Waals surface area contributed by atoms with Crippen molar-refractivity contribution in [2.45, 2.75) is 20.8 Å². The number of aliphatic imine (C=N–C) groups is 1. The number of aryl methyl sites for hydroxylation is 1. The quantitative estimate of drug-likeness (QED) is 0.818. The Balaban J connectivity index is 2.03. The maximum absolute atomic E-state index is 12.1. The van der Waals surface area contributed by atoms with Gasteiger partial charge in [0.1, 0.15) is 9.38 Å². The summed E-state index contributed by atoms with van der Waals surface area (Å²) < 4.78 is 6.03. The van der Waals surface area contributed by atoms with E-state index in [4.69, 9.17) is 4.74 Å². The summed E-state index contributed by atoms with van der Waals surface area (Å²) in [4.78, 5) is 29.4. The van der Waals surface area contributed by atoms with E-state index >= 15 is 0 Å². The molecular formula is C14H18N2O3S3. The molecule has 0 saturated heterocycles. The summed E-state index contributed by atoms with van der Waals surface area (Å²) >= 11 is 4.51. The summed E-state index contributed by atoms with van der Waals surface area (Å²) in [7, 11) is 0. The second-order valence-corrected chi connectivity index (χ2v) is 8.07. The van der Waals surface area contributed by atoms with Crippen molar-refractivity contribution in [1.29, 1.82) is 0 Å². The van der Waals surface area contributed by atoms with Gasteiger partial charge in [-0.3, -0.25) is 9.79 Å². The van der Waals surface area contributed by atoms with Crippen molar-refractivity contribution in [3.63, 3.8) is 0 Å². The smallest absolute Gasteiger partial charge is 0.341 e.